The van der Waals surface area contributed by atoms with E-state index in [2.05, 4.69) is 10.3 Å². The lowest BCUT2D eigenvalue weighted by molar-refractivity contribution is 0.220. The van der Waals surface area contributed by atoms with Gasteiger partial charge in [0.1, 0.15) is 0 Å². The second-order valence-corrected chi connectivity index (χ2v) is 5.08. The molecule has 0 radical (unpaired) electrons. The van der Waals surface area contributed by atoms with Gasteiger partial charge in [-0.2, -0.15) is 0 Å². The molecule has 0 fully saturated rings. The average Bonchev–Trinajstić information content (AvgIpc) is 2.43. The zero-order valence-electron chi connectivity index (χ0n) is 10.8. The topological polar surface area (TPSA) is 45.2 Å². The molecule has 0 unspecified atom stereocenters. The monoisotopic (exact) mass is 309 g/mol. The summed E-state index contributed by atoms with van der Waals surface area (Å²) in [7, 11) is 1.69. The summed E-state index contributed by atoms with van der Waals surface area (Å²) in [4.78, 5) is 17.7. The Labute approximate surface area is 127 Å². The molecule has 2 aromatic rings. The maximum absolute atomic E-state index is 12.0. The van der Waals surface area contributed by atoms with Gasteiger partial charge in [-0.05, 0) is 30.3 Å². The van der Waals surface area contributed by atoms with Gasteiger partial charge in [0, 0.05) is 18.3 Å². The van der Waals surface area contributed by atoms with Gasteiger partial charge in [0.25, 0.3) is 0 Å². The molecule has 4 nitrogen and oxygen atoms in total. The number of carbonyl (C=O) groups is 1. The van der Waals surface area contributed by atoms with Gasteiger partial charge in [-0.15, -0.1) is 0 Å². The molecular weight excluding hydrogens is 297 g/mol. The van der Waals surface area contributed by atoms with Gasteiger partial charge in [0.05, 0.1) is 22.9 Å². The van der Waals surface area contributed by atoms with Gasteiger partial charge < -0.3 is 10.2 Å². The van der Waals surface area contributed by atoms with Crippen LogP contribution in [0.15, 0.2) is 42.6 Å². The number of anilines is 1. The summed E-state index contributed by atoms with van der Waals surface area (Å²) in [5.41, 5.74) is 1.33. The predicted octanol–water partition coefficient (Wildman–Crippen LogP) is 4.05. The Morgan fingerprint density at radius 2 is 2.10 bits per heavy atom. The van der Waals surface area contributed by atoms with E-state index in [1.165, 1.54) is 4.90 Å². The van der Waals surface area contributed by atoms with Crippen molar-refractivity contribution < 1.29 is 4.79 Å². The summed E-state index contributed by atoms with van der Waals surface area (Å²) < 4.78 is 0. The minimum absolute atomic E-state index is 0.264. The first-order valence-electron chi connectivity index (χ1n) is 5.93. The molecule has 2 rings (SSSR count). The van der Waals surface area contributed by atoms with Crippen molar-refractivity contribution in [2.75, 3.05) is 12.4 Å². The number of rotatable bonds is 3. The normalized spacial score (nSPS) is 10.2. The van der Waals surface area contributed by atoms with Crippen LogP contribution in [-0.4, -0.2) is 23.0 Å². The van der Waals surface area contributed by atoms with Gasteiger partial charge in [0.15, 0.2) is 0 Å². The highest BCUT2D eigenvalue weighted by Gasteiger charge is 2.11. The van der Waals surface area contributed by atoms with Crippen LogP contribution in [-0.2, 0) is 6.54 Å². The van der Waals surface area contributed by atoms with E-state index >= 15 is 0 Å². The molecule has 2 amide bonds. The maximum Gasteiger partial charge on any atom is 0.321 e. The predicted molar refractivity (Wildman–Crippen MR) is 81.2 cm³/mol. The smallest absolute Gasteiger partial charge is 0.321 e. The fourth-order valence-electron chi connectivity index (χ4n) is 1.61. The second-order valence-electron chi connectivity index (χ2n) is 4.23. The molecule has 20 heavy (non-hydrogen) atoms. The lowest BCUT2D eigenvalue weighted by Crippen LogP contribution is -2.31. The highest BCUT2D eigenvalue weighted by molar-refractivity contribution is 6.36. The summed E-state index contributed by atoms with van der Waals surface area (Å²) in [6, 6.07) is 10.2. The van der Waals surface area contributed by atoms with Crippen molar-refractivity contribution in [3.8, 4) is 0 Å². The van der Waals surface area contributed by atoms with E-state index in [4.69, 9.17) is 23.2 Å². The van der Waals surface area contributed by atoms with Crippen LogP contribution in [0.2, 0.25) is 10.0 Å². The van der Waals surface area contributed by atoms with Crippen LogP contribution in [0.25, 0.3) is 0 Å². The Bertz CT molecular complexity index is 605. The van der Waals surface area contributed by atoms with Crippen LogP contribution in [0.3, 0.4) is 0 Å². The maximum atomic E-state index is 12.0. The van der Waals surface area contributed by atoms with E-state index < -0.39 is 0 Å². The minimum atomic E-state index is -0.264. The van der Waals surface area contributed by atoms with Gasteiger partial charge in [-0.3, -0.25) is 4.98 Å². The molecule has 104 valence electrons. The summed E-state index contributed by atoms with van der Waals surface area (Å²) in [5.74, 6) is 0. The fourth-order valence-corrected chi connectivity index (χ4v) is 2.06. The van der Waals surface area contributed by atoms with Crippen molar-refractivity contribution in [1.29, 1.82) is 0 Å². The van der Waals surface area contributed by atoms with Crippen molar-refractivity contribution in [3.63, 3.8) is 0 Å². The summed E-state index contributed by atoms with van der Waals surface area (Å²) >= 11 is 11.8. The van der Waals surface area contributed by atoms with Crippen molar-refractivity contribution in [2.45, 2.75) is 6.54 Å². The first-order valence-corrected chi connectivity index (χ1v) is 6.69. The van der Waals surface area contributed by atoms with Crippen LogP contribution in [0.5, 0.6) is 0 Å². The summed E-state index contributed by atoms with van der Waals surface area (Å²) in [5, 5.41) is 3.65. The number of aromatic nitrogens is 1. The quantitative estimate of drug-likeness (QED) is 0.929. The van der Waals surface area contributed by atoms with E-state index in [1.807, 2.05) is 18.2 Å². The number of carbonyl (C=O) groups excluding carboxylic acids is 1. The SMILES string of the molecule is CN(Cc1ccccn1)C(=O)Nc1ccc(Cl)cc1Cl. The van der Waals surface area contributed by atoms with Crippen molar-refractivity contribution in [2.24, 2.45) is 0 Å². The van der Waals surface area contributed by atoms with E-state index in [-0.39, 0.29) is 6.03 Å². The molecular formula is C14H13Cl2N3O. The van der Waals surface area contributed by atoms with Crippen molar-refractivity contribution >= 4 is 34.9 Å². The van der Waals surface area contributed by atoms with Gasteiger partial charge in [-0.25, -0.2) is 4.79 Å². The second kappa shape index (κ2) is 6.59. The first-order chi connectivity index (χ1) is 9.56. The minimum Gasteiger partial charge on any atom is -0.322 e. The van der Waals surface area contributed by atoms with E-state index in [9.17, 15) is 4.79 Å². The molecule has 0 aliphatic carbocycles. The molecule has 0 aliphatic rings. The molecule has 6 heteroatoms. The number of halogens is 2. The lowest BCUT2D eigenvalue weighted by atomic mass is 10.3. The van der Waals surface area contributed by atoms with Gasteiger partial charge in [0.2, 0.25) is 0 Å². The summed E-state index contributed by atoms with van der Waals surface area (Å²) in [6.07, 6.45) is 1.69. The number of hydrogen-bond donors (Lipinski definition) is 1. The van der Waals surface area contributed by atoms with Crippen LogP contribution >= 0.6 is 23.2 Å². The highest BCUT2D eigenvalue weighted by Crippen LogP contribution is 2.25. The zero-order valence-corrected chi connectivity index (χ0v) is 12.3. The molecule has 0 atom stereocenters. The molecule has 0 bridgehead atoms. The van der Waals surface area contributed by atoms with Crippen LogP contribution in [0.1, 0.15) is 5.69 Å². The molecule has 0 aliphatic heterocycles. The molecule has 1 aromatic heterocycles. The Morgan fingerprint density at radius 1 is 1.30 bits per heavy atom. The standard InChI is InChI=1S/C14H13Cl2N3O/c1-19(9-11-4-2-3-7-17-11)14(20)18-13-6-5-10(15)8-12(13)16/h2-8H,9H2,1H3,(H,18,20). The number of amides is 2. The van der Waals surface area contributed by atoms with E-state index in [1.54, 1.807) is 31.4 Å². The fraction of sp³-hybridized carbons (Fsp3) is 0.143. The average molecular weight is 310 g/mol. The largest absolute Gasteiger partial charge is 0.322 e. The number of nitrogens with zero attached hydrogens (tertiary/aromatic N) is 2. The third-order valence-corrected chi connectivity index (χ3v) is 3.19. The Morgan fingerprint density at radius 3 is 2.75 bits per heavy atom. The number of pyridine rings is 1. The number of nitrogens with one attached hydrogen (secondary N) is 1. The summed E-state index contributed by atoms with van der Waals surface area (Å²) in [6.45, 7) is 0.415. The highest BCUT2D eigenvalue weighted by atomic mass is 35.5. The Kier molecular flexibility index (Phi) is 4.82. The number of urea groups is 1. The zero-order chi connectivity index (χ0) is 14.5. The first kappa shape index (κ1) is 14.6. The molecule has 1 N–H and O–H groups in total. The van der Waals surface area contributed by atoms with E-state index in [0.29, 0.717) is 22.3 Å². The Hall–Kier alpha value is -1.78. The lowest BCUT2D eigenvalue weighted by Gasteiger charge is -2.18. The van der Waals surface area contributed by atoms with E-state index in [0.717, 1.165) is 5.69 Å². The third kappa shape index (κ3) is 3.85. The third-order valence-electron chi connectivity index (χ3n) is 2.64. The van der Waals surface area contributed by atoms with Crippen LogP contribution < -0.4 is 5.32 Å². The number of benzene rings is 1. The van der Waals surface area contributed by atoms with Gasteiger partial charge in [-0.1, -0.05) is 29.3 Å². The molecule has 1 aromatic carbocycles. The number of hydrogen-bond acceptors (Lipinski definition) is 2. The molecule has 0 saturated heterocycles. The molecule has 1 heterocycles. The van der Waals surface area contributed by atoms with Crippen LogP contribution in [0, 0.1) is 0 Å². The Balaban J connectivity index is 2.01. The van der Waals surface area contributed by atoms with Crippen molar-refractivity contribution in [1.82, 2.24) is 9.88 Å². The molecule has 0 spiro atoms. The van der Waals surface area contributed by atoms with Gasteiger partial charge >= 0.3 is 6.03 Å². The van der Waals surface area contributed by atoms with Crippen molar-refractivity contribution in [3.05, 3.63) is 58.3 Å². The molecule has 0 saturated carbocycles. The van der Waals surface area contributed by atoms with Crippen LogP contribution in [0.4, 0.5) is 10.5 Å².